The molecule has 0 aromatic heterocycles. The van der Waals surface area contributed by atoms with Crippen molar-refractivity contribution in [3.8, 4) is 0 Å². The van der Waals surface area contributed by atoms with Crippen molar-refractivity contribution in [2.45, 2.75) is 198 Å². The fraction of sp³-hybridized carbons (Fsp3) is 0.723. The molecule has 6 atom stereocenters. The molecular weight excluding hydrogens is 787 g/mol. The van der Waals surface area contributed by atoms with Gasteiger partial charge in [-0.25, -0.2) is 4.57 Å². The summed E-state index contributed by atoms with van der Waals surface area (Å²) in [5, 5.41) is 50.2. The average molecular weight is 869 g/mol. The summed E-state index contributed by atoms with van der Waals surface area (Å²) in [6.45, 7) is 4.04. The molecule has 13 heteroatoms. The van der Waals surface area contributed by atoms with Crippen LogP contribution < -0.4 is 0 Å². The smallest absolute Gasteiger partial charge is 0.457 e. The van der Waals surface area contributed by atoms with E-state index >= 15 is 0 Å². The van der Waals surface area contributed by atoms with E-state index in [2.05, 4.69) is 86.8 Å². The number of allylic oxidation sites excluding steroid dienone is 12. The van der Waals surface area contributed by atoms with Gasteiger partial charge < -0.3 is 39.9 Å². The summed E-state index contributed by atoms with van der Waals surface area (Å²) in [6.07, 6.45) is 35.4. The number of phosphoric acid groups is 1. The summed E-state index contributed by atoms with van der Waals surface area (Å²) in [5.74, 6) is -0.502. The second-order valence-electron chi connectivity index (χ2n) is 15.5. The molecule has 1 saturated carbocycles. The molecule has 0 amide bonds. The van der Waals surface area contributed by atoms with Crippen molar-refractivity contribution in [3.63, 3.8) is 0 Å². The highest BCUT2D eigenvalue weighted by Gasteiger charge is 2.51. The quantitative estimate of drug-likeness (QED) is 0.0150. The fourth-order valence-corrected chi connectivity index (χ4v) is 7.41. The van der Waals surface area contributed by atoms with Crippen LogP contribution in [0.5, 0.6) is 0 Å². The first kappa shape index (κ1) is 55.8. The minimum atomic E-state index is -5.03. The largest absolute Gasteiger partial charge is 0.472 e. The first-order valence-corrected chi connectivity index (χ1v) is 24.3. The number of unbranched alkanes of at least 4 members (excludes halogenated alkanes) is 13. The molecule has 0 spiro atoms. The van der Waals surface area contributed by atoms with E-state index in [9.17, 15) is 39.8 Å². The standard InChI is InChI=1S/C47H81O12P/c1-3-5-7-9-11-13-15-17-19-20-21-23-25-27-29-31-33-35-37-56-38-40(39-57-60(54,55)59-47-45(52)43(50)42(49)44(51)46(47)53)58-41(48)36-34-32-30-28-26-24-22-18-16-14-12-10-8-6-4-2/h5,7,11-14,17-19,21-23,40,42-47,49-53H,3-4,6,8-10,15-16,20,24-39H2,1-2H3,(H,54,55)/b7-5-,13-11-,14-12-,19-17-,22-18-,23-21-. The second-order valence-corrected chi connectivity index (χ2v) is 16.9. The van der Waals surface area contributed by atoms with E-state index in [1.54, 1.807) is 0 Å². The second kappa shape index (κ2) is 37.3. The SMILES string of the molecule is CC/C=C\C/C=C\C/C=C\C/C=C\CCCCCCCOCC(COP(=O)(O)OC1C(O)C(O)C(O)C(O)C1O)OC(=O)CCCCCCC/C=C\C/C=C\CCCCC. The highest BCUT2D eigenvalue weighted by atomic mass is 31.2. The Hall–Kier alpha value is -2.22. The topological polar surface area (TPSA) is 192 Å². The number of aliphatic hydroxyl groups excluding tert-OH is 5. The first-order valence-electron chi connectivity index (χ1n) is 22.8. The van der Waals surface area contributed by atoms with Gasteiger partial charge in [0, 0.05) is 13.0 Å². The third kappa shape index (κ3) is 29.1. The van der Waals surface area contributed by atoms with Crippen molar-refractivity contribution in [1.29, 1.82) is 0 Å². The summed E-state index contributed by atoms with van der Waals surface area (Å²) in [5.41, 5.74) is 0. The monoisotopic (exact) mass is 869 g/mol. The van der Waals surface area contributed by atoms with Crippen LogP contribution in [0.1, 0.15) is 155 Å². The van der Waals surface area contributed by atoms with Crippen LogP contribution in [0.2, 0.25) is 0 Å². The molecule has 0 saturated heterocycles. The van der Waals surface area contributed by atoms with Gasteiger partial charge in [-0.2, -0.15) is 0 Å². The summed E-state index contributed by atoms with van der Waals surface area (Å²) in [6, 6.07) is 0. The van der Waals surface area contributed by atoms with Crippen molar-refractivity contribution < 1.29 is 58.3 Å². The van der Waals surface area contributed by atoms with Gasteiger partial charge in [0.15, 0.2) is 0 Å². The number of rotatable bonds is 37. The predicted molar refractivity (Wildman–Crippen MR) is 239 cm³/mol. The molecule has 346 valence electrons. The molecule has 0 aromatic rings. The van der Waals surface area contributed by atoms with E-state index in [1.165, 1.54) is 19.3 Å². The Bertz CT molecular complexity index is 1260. The van der Waals surface area contributed by atoms with Crippen molar-refractivity contribution in [1.82, 2.24) is 0 Å². The molecule has 12 nitrogen and oxygen atoms in total. The van der Waals surface area contributed by atoms with Crippen LogP contribution >= 0.6 is 7.82 Å². The number of hydrogen-bond acceptors (Lipinski definition) is 11. The van der Waals surface area contributed by atoms with E-state index in [0.29, 0.717) is 13.0 Å². The van der Waals surface area contributed by atoms with Gasteiger partial charge in [-0.15, -0.1) is 0 Å². The lowest BCUT2D eigenvalue weighted by Gasteiger charge is -2.41. The number of phosphoric ester groups is 1. The Balaban J connectivity index is 2.44. The minimum absolute atomic E-state index is 0.0992. The maximum atomic E-state index is 12.8. The molecule has 1 aliphatic carbocycles. The third-order valence-electron chi connectivity index (χ3n) is 10.1. The van der Waals surface area contributed by atoms with E-state index in [-0.39, 0.29) is 13.0 Å². The van der Waals surface area contributed by atoms with Crippen molar-refractivity contribution >= 4 is 13.8 Å². The lowest BCUT2D eigenvalue weighted by atomic mass is 9.85. The summed E-state index contributed by atoms with van der Waals surface area (Å²) >= 11 is 0. The zero-order valence-corrected chi connectivity index (χ0v) is 37.6. The molecule has 6 unspecified atom stereocenters. The lowest BCUT2D eigenvalue weighted by molar-refractivity contribution is -0.220. The molecule has 0 aliphatic heterocycles. The van der Waals surface area contributed by atoms with Gasteiger partial charge in [0.25, 0.3) is 0 Å². The number of hydrogen-bond donors (Lipinski definition) is 6. The number of ether oxygens (including phenoxy) is 2. The maximum Gasteiger partial charge on any atom is 0.472 e. The van der Waals surface area contributed by atoms with Crippen LogP contribution in [0.4, 0.5) is 0 Å². The fourth-order valence-electron chi connectivity index (χ4n) is 6.43. The molecule has 0 bridgehead atoms. The Labute approximate surface area is 361 Å². The Morgan fingerprint density at radius 1 is 0.550 bits per heavy atom. The number of aliphatic hydroxyl groups is 5. The lowest BCUT2D eigenvalue weighted by Crippen LogP contribution is -2.64. The molecule has 1 fully saturated rings. The highest BCUT2D eigenvalue weighted by molar-refractivity contribution is 7.47. The summed E-state index contributed by atoms with van der Waals surface area (Å²) < 4.78 is 34.1. The van der Waals surface area contributed by atoms with Gasteiger partial charge in [0.2, 0.25) is 0 Å². The average Bonchev–Trinajstić information content (AvgIpc) is 3.23. The molecule has 6 N–H and O–H groups in total. The Kier molecular flexibility index (Phi) is 34.7. The van der Waals surface area contributed by atoms with Crippen molar-refractivity contribution in [2.24, 2.45) is 0 Å². The van der Waals surface area contributed by atoms with E-state index < -0.39 is 63.1 Å². The summed E-state index contributed by atoms with van der Waals surface area (Å²) in [4.78, 5) is 23.1. The number of esters is 1. The first-order chi connectivity index (χ1) is 29.0. The van der Waals surface area contributed by atoms with E-state index in [1.807, 2.05) is 0 Å². The van der Waals surface area contributed by atoms with Crippen LogP contribution in [0.15, 0.2) is 72.9 Å². The highest BCUT2D eigenvalue weighted by Crippen LogP contribution is 2.47. The number of carbonyl (C=O) groups excluding carboxylic acids is 1. The van der Waals surface area contributed by atoms with Crippen LogP contribution in [0.3, 0.4) is 0 Å². The van der Waals surface area contributed by atoms with Crippen LogP contribution in [-0.4, -0.2) is 98.9 Å². The summed E-state index contributed by atoms with van der Waals surface area (Å²) in [7, 11) is -5.03. The van der Waals surface area contributed by atoms with Crippen LogP contribution in [-0.2, 0) is 27.9 Å². The van der Waals surface area contributed by atoms with Gasteiger partial charge in [0.1, 0.15) is 42.7 Å². The van der Waals surface area contributed by atoms with Gasteiger partial charge >= 0.3 is 13.8 Å². The van der Waals surface area contributed by atoms with Gasteiger partial charge in [0.05, 0.1) is 13.2 Å². The molecule has 0 radical (unpaired) electrons. The van der Waals surface area contributed by atoms with Gasteiger partial charge in [-0.3, -0.25) is 13.8 Å². The zero-order valence-electron chi connectivity index (χ0n) is 36.7. The maximum absolute atomic E-state index is 12.8. The van der Waals surface area contributed by atoms with Crippen molar-refractivity contribution in [2.75, 3.05) is 19.8 Å². The number of carbonyl (C=O) groups is 1. The molecular formula is C47H81O12P. The Morgan fingerprint density at radius 2 is 0.983 bits per heavy atom. The molecule has 0 heterocycles. The van der Waals surface area contributed by atoms with Gasteiger partial charge in [-0.05, 0) is 83.5 Å². The van der Waals surface area contributed by atoms with Crippen molar-refractivity contribution in [3.05, 3.63) is 72.9 Å². The molecule has 60 heavy (non-hydrogen) atoms. The minimum Gasteiger partial charge on any atom is -0.457 e. The molecule has 1 aliphatic rings. The molecule has 0 aromatic carbocycles. The van der Waals surface area contributed by atoms with Crippen LogP contribution in [0, 0.1) is 0 Å². The normalized spacial score (nSPS) is 23.0. The van der Waals surface area contributed by atoms with E-state index in [0.717, 1.165) is 109 Å². The zero-order chi connectivity index (χ0) is 44.1. The third-order valence-corrected chi connectivity index (χ3v) is 11.0. The Morgan fingerprint density at radius 3 is 1.50 bits per heavy atom. The predicted octanol–water partition coefficient (Wildman–Crippen LogP) is 9.19. The van der Waals surface area contributed by atoms with Crippen LogP contribution in [0.25, 0.3) is 0 Å². The van der Waals surface area contributed by atoms with E-state index in [4.69, 9.17) is 18.5 Å². The van der Waals surface area contributed by atoms with Gasteiger partial charge in [-0.1, -0.05) is 138 Å². The molecule has 1 rings (SSSR count).